The van der Waals surface area contributed by atoms with Crippen molar-refractivity contribution in [3.8, 4) is 0 Å². The number of hydrogen-bond acceptors (Lipinski definition) is 4. The monoisotopic (exact) mass is 348 g/mol. The van der Waals surface area contributed by atoms with Crippen LogP contribution in [-0.2, 0) is 6.54 Å². The predicted octanol–water partition coefficient (Wildman–Crippen LogP) is 1.87. The lowest BCUT2D eigenvalue weighted by Crippen LogP contribution is -2.24. The average molecular weight is 349 g/mol. The zero-order chi connectivity index (χ0) is 15.2. The lowest BCUT2D eigenvalue weighted by molar-refractivity contribution is 0.0946. The summed E-state index contributed by atoms with van der Waals surface area (Å²) >= 11 is 3.42. The first-order valence-corrected chi connectivity index (χ1v) is 6.86. The highest BCUT2D eigenvalue weighted by Crippen LogP contribution is 2.15. The van der Waals surface area contributed by atoms with E-state index in [1.807, 2.05) is 24.3 Å². The molecule has 1 amide bonds. The number of nitrogens with two attached hydrogens (primary N) is 1. The van der Waals surface area contributed by atoms with Crippen LogP contribution in [0.3, 0.4) is 0 Å². The van der Waals surface area contributed by atoms with Crippen LogP contribution in [0.5, 0.6) is 0 Å². The van der Waals surface area contributed by atoms with Crippen molar-refractivity contribution in [3.05, 3.63) is 63.9 Å². The van der Waals surface area contributed by atoms with E-state index in [0.29, 0.717) is 12.1 Å². The molecule has 0 radical (unpaired) electrons. The van der Waals surface area contributed by atoms with Gasteiger partial charge in [-0.3, -0.25) is 9.78 Å². The first kappa shape index (κ1) is 15.0. The maximum Gasteiger partial charge on any atom is 0.270 e. The predicted molar refractivity (Wildman–Crippen MR) is 82.1 cm³/mol. The number of nitrogens with zero attached hydrogens (tertiary/aromatic N) is 2. The van der Waals surface area contributed by atoms with Crippen LogP contribution in [0.4, 0.5) is 0 Å². The van der Waals surface area contributed by atoms with Gasteiger partial charge in [-0.1, -0.05) is 39.3 Å². The summed E-state index contributed by atoms with van der Waals surface area (Å²) in [4.78, 5) is 16.0. The quantitative estimate of drug-likeness (QED) is 0.339. The van der Waals surface area contributed by atoms with Crippen molar-refractivity contribution in [3.63, 3.8) is 0 Å². The molecule has 0 unspecified atom stereocenters. The van der Waals surface area contributed by atoms with Gasteiger partial charge in [0.15, 0.2) is 5.84 Å². The highest BCUT2D eigenvalue weighted by atomic mass is 79.9. The molecule has 108 valence electrons. The number of benzene rings is 1. The molecule has 0 saturated carbocycles. The van der Waals surface area contributed by atoms with Gasteiger partial charge in [0.1, 0.15) is 5.69 Å². The molecule has 0 atom stereocenters. The second kappa shape index (κ2) is 6.85. The Morgan fingerprint density at radius 1 is 1.33 bits per heavy atom. The third kappa shape index (κ3) is 3.79. The molecule has 0 aliphatic heterocycles. The Hall–Kier alpha value is -2.41. The Kier molecular flexibility index (Phi) is 4.89. The minimum Gasteiger partial charge on any atom is -0.409 e. The van der Waals surface area contributed by atoms with Gasteiger partial charge in [0.25, 0.3) is 5.91 Å². The number of pyridine rings is 1. The van der Waals surface area contributed by atoms with Gasteiger partial charge in [-0.05, 0) is 23.8 Å². The molecular formula is C14H13BrN4O2. The van der Waals surface area contributed by atoms with E-state index in [-0.39, 0.29) is 17.4 Å². The molecule has 7 heteroatoms. The number of aromatic nitrogens is 1. The smallest absolute Gasteiger partial charge is 0.270 e. The Bertz CT molecular complexity index is 671. The molecule has 0 aliphatic carbocycles. The SMILES string of the molecule is NC(=NO)c1ccc(C(=O)NCc2ccccc2Br)nc1. The minimum atomic E-state index is -0.295. The Morgan fingerprint density at radius 2 is 2.10 bits per heavy atom. The van der Waals surface area contributed by atoms with Gasteiger partial charge in [-0.25, -0.2) is 0 Å². The standard InChI is InChI=1S/C14H13BrN4O2/c15-11-4-2-1-3-9(11)7-18-14(20)12-6-5-10(8-17-12)13(16)19-21/h1-6,8,21H,7H2,(H2,16,19)(H,18,20). The summed E-state index contributed by atoms with van der Waals surface area (Å²) < 4.78 is 0.931. The largest absolute Gasteiger partial charge is 0.409 e. The van der Waals surface area contributed by atoms with Gasteiger partial charge in [0.05, 0.1) is 0 Å². The molecule has 0 spiro atoms. The normalized spacial score (nSPS) is 11.2. The molecule has 2 rings (SSSR count). The molecule has 1 heterocycles. The number of hydrogen-bond donors (Lipinski definition) is 3. The van der Waals surface area contributed by atoms with E-state index >= 15 is 0 Å². The summed E-state index contributed by atoms with van der Waals surface area (Å²) in [5, 5.41) is 14.2. The number of oxime groups is 1. The van der Waals surface area contributed by atoms with Gasteiger partial charge in [-0.15, -0.1) is 0 Å². The number of amidine groups is 1. The number of rotatable bonds is 4. The van der Waals surface area contributed by atoms with Crippen LogP contribution >= 0.6 is 15.9 Å². The average Bonchev–Trinajstić information content (AvgIpc) is 2.53. The summed E-state index contributed by atoms with van der Waals surface area (Å²) in [5.74, 6) is -0.348. The summed E-state index contributed by atoms with van der Waals surface area (Å²) in [6, 6.07) is 10.7. The maximum absolute atomic E-state index is 12.0. The van der Waals surface area contributed by atoms with Crippen LogP contribution in [0.2, 0.25) is 0 Å². The third-order valence-corrected chi connectivity index (χ3v) is 3.57. The van der Waals surface area contributed by atoms with Crippen LogP contribution in [-0.4, -0.2) is 21.9 Å². The first-order chi connectivity index (χ1) is 10.1. The van der Waals surface area contributed by atoms with Crippen molar-refractivity contribution in [1.82, 2.24) is 10.3 Å². The Morgan fingerprint density at radius 3 is 2.71 bits per heavy atom. The molecule has 0 saturated heterocycles. The van der Waals surface area contributed by atoms with Gasteiger partial charge in [0.2, 0.25) is 0 Å². The second-order valence-corrected chi connectivity index (χ2v) is 5.05. The van der Waals surface area contributed by atoms with E-state index in [2.05, 4.69) is 31.4 Å². The second-order valence-electron chi connectivity index (χ2n) is 4.19. The Labute approximate surface area is 129 Å². The van der Waals surface area contributed by atoms with Crippen LogP contribution in [0.25, 0.3) is 0 Å². The third-order valence-electron chi connectivity index (χ3n) is 2.80. The lowest BCUT2D eigenvalue weighted by Gasteiger charge is -2.07. The van der Waals surface area contributed by atoms with Crippen molar-refractivity contribution in [2.45, 2.75) is 6.54 Å². The molecule has 1 aromatic carbocycles. The summed E-state index contributed by atoms with van der Waals surface area (Å²) in [6.45, 7) is 0.393. The number of amides is 1. The van der Waals surface area contributed by atoms with E-state index < -0.39 is 0 Å². The fourth-order valence-corrected chi connectivity index (χ4v) is 2.07. The highest BCUT2D eigenvalue weighted by Gasteiger charge is 2.09. The summed E-state index contributed by atoms with van der Waals surface area (Å²) in [5.41, 5.74) is 7.10. The summed E-state index contributed by atoms with van der Waals surface area (Å²) in [6.07, 6.45) is 1.38. The van der Waals surface area contributed by atoms with Crippen LogP contribution in [0, 0.1) is 0 Å². The highest BCUT2D eigenvalue weighted by molar-refractivity contribution is 9.10. The zero-order valence-electron chi connectivity index (χ0n) is 11.0. The van der Waals surface area contributed by atoms with Crippen LogP contribution in [0.15, 0.2) is 52.2 Å². The zero-order valence-corrected chi connectivity index (χ0v) is 12.5. The van der Waals surface area contributed by atoms with Crippen LogP contribution < -0.4 is 11.1 Å². The minimum absolute atomic E-state index is 0.0531. The molecule has 1 aromatic heterocycles. The van der Waals surface area contributed by atoms with Crippen molar-refractivity contribution in [1.29, 1.82) is 0 Å². The molecular weight excluding hydrogens is 336 g/mol. The molecule has 0 bridgehead atoms. The van der Waals surface area contributed by atoms with E-state index in [0.717, 1.165) is 10.0 Å². The summed E-state index contributed by atoms with van der Waals surface area (Å²) in [7, 11) is 0. The van der Waals surface area contributed by atoms with Gasteiger partial charge >= 0.3 is 0 Å². The number of carbonyl (C=O) groups is 1. The van der Waals surface area contributed by atoms with Crippen molar-refractivity contribution < 1.29 is 10.0 Å². The van der Waals surface area contributed by atoms with E-state index in [9.17, 15) is 4.79 Å². The lowest BCUT2D eigenvalue weighted by atomic mass is 10.2. The fourth-order valence-electron chi connectivity index (χ4n) is 1.65. The van der Waals surface area contributed by atoms with E-state index in [1.54, 1.807) is 6.07 Å². The van der Waals surface area contributed by atoms with E-state index in [1.165, 1.54) is 12.3 Å². The van der Waals surface area contributed by atoms with E-state index in [4.69, 9.17) is 10.9 Å². The topological polar surface area (TPSA) is 101 Å². The molecule has 0 aliphatic rings. The van der Waals surface area contributed by atoms with Crippen molar-refractivity contribution >= 4 is 27.7 Å². The number of nitrogens with one attached hydrogen (secondary N) is 1. The van der Waals surface area contributed by atoms with Gasteiger partial charge in [-0.2, -0.15) is 0 Å². The molecule has 2 aromatic rings. The first-order valence-electron chi connectivity index (χ1n) is 6.07. The van der Waals surface area contributed by atoms with Crippen molar-refractivity contribution in [2.75, 3.05) is 0 Å². The Balaban J connectivity index is 2.02. The fraction of sp³-hybridized carbons (Fsp3) is 0.0714. The molecule has 6 nitrogen and oxygen atoms in total. The van der Waals surface area contributed by atoms with Crippen molar-refractivity contribution in [2.24, 2.45) is 10.9 Å². The number of halogens is 1. The molecule has 4 N–H and O–H groups in total. The van der Waals surface area contributed by atoms with Gasteiger partial charge < -0.3 is 16.3 Å². The number of carbonyl (C=O) groups excluding carboxylic acids is 1. The van der Waals surface area contributed by atoms with Crippen LogP contribution in [0.1, 0.15) is 21.6 Å². The molecule has 0 fully saturated rings. The molecule has 21 heavy (non-hydrogen) atoms. The van der Waals surface area contributed by atoms with Gasteiger partial charge in [0, 0.05) is 22.8 Å². The maximum atomic E-state index is 12.0.